The minimum absolute atomic E-state index is 0.129. The molecule has 0 saturated heterocycles. The highest BCUT2D eigenvalue weighted by Gasteiger charge is 2.12. The molecule has 4 nitrogen and oxygen atoms in total. The number of aryl methyl sites for hydroxylation is 2. The second kappa shape index (κ2) is 5.67. The summed E-state index contributed by atoms with van der Waals surface area (Å²) in [6.45, 7) is 8.02. The molecule has 0 aliphatic heterocycles. The lowest BCUT2D eigenvalue weighted by Gasteiger charge is -2.13. The number of aromatic nitrogens is 2. The van der Waals surface area contributed by atoms with Gasteiger partial charge in [-0.15, -0.1) is 0 Å². The molecular formula is C15H18ClN3O. The van der Waals surface area contributed by atoms with Gasteiger partial charge in [0.15, 0.2) is 0 Å². The summed E-state index contributed by atoms with van der Waals surface area (Å²) in [4.78, 5) is 8.04. The number of hydrogen-bond donors (Lipinski definition) is 1. The molecular weight excluding hydrogens is 274 g/mol. The minimum atomic E-state index is 0.129. The first-order chi connectivity index (χ1) is 9.38. The first kappa shape index (κ1) is 14.6. The number of hydrogen-bond acceptors (Lipinski definition) is 4. The van der Waals surface area contributed by atoms with Crippen LogP contribution in [0.3, 0.4) is 0 Å². The molecule has 2 N–H and O–H groups in total. The smallest absolute Gasteiger partial charge is 0.247 e. The third-order valence-electron chi connectivity index (χ3n) is 3.16. The Morgan fingerprint density at radius 2 is 1.90 bits per heavy atom. The molecule has 0 amide bonds. The molecule has 0 spiro atoms. The van der Waals surface area contributed by atoms with E-state index in [9.17, 15) is 0 Å². The zero-order valence-electron chi connectivity index (χ0n) is 12.1. The summed E-state index contributed by atoms with van der Waals surface area (Å²) in [5, 5.41) is 0.129. The topological polar surface area (TPSA) is 61.0 Å². The average molecular weight is 292 g/mol. The number of rotatable bonds is 3. The Hall–Kier alpha value is -1.81. The van der Waals surface area contributed by atoms with Crippen LogP contribution < -0.4 is 10.5 Å². The quantitative estimate of drug-likeness (QED) is 0.859. The predicted molar refractivity (Wildman–Crippen MR) is 81.5 cm³/mol. The van der Waals surface area contributed by atoms with E-state index in [4.69, 9.17) is 22.1 Å². The number of nitrogens with two attached hydrogens (primary N) is 1. The number of nitrogen functional groups attached to an aromatic ring is 1. The van der Waals surface area contributed by atoms with Crippen molar-refractivity contribution in [1.82, 2.24) is 9.97 Å². The molecule has 0 fully saturated rings. The van der Waals surface area contributed by atoms with Crippen molar-refractivity contribution < 1.29 is 4.74 Å². The molecule has 2 rings (SSSR count). The molecule has 0 aliphatic rings. The van der Waals surface area contributed by atoms with Gasteiger partial charge in [0.2, 0.25) is 11.2 Å². The molecule has 5 heteroatoms. The van der Waals surface area contributed by atoms with Crippen molar-refractivity contribution in [2.24, 2.45) is 0 Å². The van der Waals surface area contributed by atoms with E-state index >= 15 is 0 Å². The average Bonchev–Trinajstić information content (AvgIpc) is 2.37. The maximum absolute atomic E-state index is 5.94. The van der Waals surface area contributed by atoms with E-state index in [1.54, 1.807) is 6.92 Å². The summed E-state index contributed by atoms with van der Waals surface area (Å²) in [6, 6.07) is 6.12. The Bertz CT molecular complexity index is 641. The molecule has 0 bridgehead atoms. The van der Waals surface area contributed by atoms with E-state index in [2.05, 4.69) is 29.9 Å². The summed E-state index contributed by atoms with van der Waals surface area (Å²) >= 11 is 5.85. The second-order valence-corrected chi connectivity index (χ2v) is 5.42. The third-order valence-corrected chi connectivity index (χ3v) is 3.33. The first-order valence-corrected chi connectivity index (χ1v) is 6.84. The van der Waals surface area contributed by atoms with Crippen LogP contribution in [0.2, 0.25) is 5.28 Å². The lowest BCUT2D eigenvalue weighted by molar-refractivity contribution is 0.459. The molecule has 106 valence electrons. The molecule has 0 aliphatic carbocycles. The maximum Gasteiger partial charge on any atom is 0.247 e. The Balaban J connectivity index is 2.42. The summed E-state index contributed by atoms with van der Waals surface area (Å²) in [5.74, 6) is 1.45. The fraction of sp³-hybridized carbons (Fsp3) is 0.333. The van der Waals surface area contributed by atoms with Crippen LogP contribution in [0.4, 0.5) is 5.69 Å². The lowest BCUT2D eigenvalue weighted by atomic mass is 10.0. The maximum atomic E-state index is 5.94. The Kier molecular flexibility index (Phi) is 4.14. The zero-order chi connectivity index (χ0) is 14.9. The van der Waals surface area contributed by atoms with Crippen molar-refractivity contribution in [2.45, 2.75) is 33.6 Å². The minimum Gasteiger partial charge on any atom is -0.437 e. The van der Waals surface area contributed by atoms with Gasteiger partial charge in [-0.25, -0.2) is 4.98 Å². The van der Waals surface area contributed by atoms with Gasteiger partial charge in [-0.1, -0.05) is 26.0 Å². The van der Waals surface area contributed by atoms with E-state index in [0.29, 0.717) is 23.2 Å². The van der Waals surface area contributed by atoms with Crippen molar-refractivity contribution in [2.75, 3.05) is 5.73 Å². The first-order valence-electron chi connectivity index (χ1n) is 6.46. The van der Waals surface area contributed by atoms with Crippen LogP contribution in [0.15, 0.2) is 18.2 Å². The summed E-state index contributed by atoms with van der Waals surface area (Å²) in [5.41, 5.74) is 9.16. The van der Waals surface area contributed by atoms with Crippen molar-refractivity contribution in [3.05, 3.63) is 40.3 Å². The molecule has 2 aromatic rings. The summed E-state index contributed by atoms with van der Waals surface area (Å²) in [7, 11) is 0. The van der Waals surface area contributed by atoms with Crippen molar-refractivity contribution >= 4 is 17.3 Å². The van der Waals surface area contributed by atoms with Gasteiger partial charge in [-0.3, -0.25) is 0 Å². The SMILES string of the molecule is Cc1ccc(C(C)C)cc1Oc1nc(Cl)nc(C)c1N. The Morgan fingerprint density at radius 1 is 1.20 bits per heavy atom. The van der Waals surface area contributed by atoms with Crippen LogP contribution in [0.1, 0.15) is 36.6 Å². The van der Waals surface area contributed by atoms with Crippen molar-refractivity contribution in [3.63, 3.8) is 0 Å². The van der Waals surface area contributed by atoms with Crippen LogP contribution in [-0.4, -0.2) is 9.97 Å². The summed E-state index contributed by atoms with van der Waals surface area (Å²) in [6.07, 6.45) is 0. The molecule has 20 heavy (non-hydrogen) atoms. The van der Waals surface area contributed by atoms with Crippen LogP contribution >= 0.6 is 11.6 Å². The number of benzene rings is 1. The predicted octanol–water partition coefficient (Wildman–Crippen LogP) is 4.24. The van der Waals surface area contributed by atoms with E-state index in [1.165, 1.54) is 5.56 Å². The molecule has 0 saturated carbocycles. The van der Waals surface area contributed by atoms with E-state index in [-0.39, 0.29) is 5.28 Å². The van der Waals surface area contributed by atoms with Crippen LogP contribution in [0, 0.1) is 13.8 Å². The third kappa shape index (κ3) is 3.02. The van der Waals surface area contributed by atoms with Gasteiger partial charge in [0.05, 0.1) is 5.69 Å². The van der Waals surface area contributed by atoms with E-state index in [0.717, 1.165) is 11.3 Å². The highest BCUT2D eigenvalue weighted by atomic mass is 35.5. The normalized spacial score (nSPS) is 10.9. The molecule has 1 heterocycles. The van der Waals surface area contributed by atoms with Gasteiger partial charge in [-0.05, 0) is 48.6 Å². The van der Waals surface area contributed by atoms with E-state index in [1.807, 2.05) is 19.1 Å². The summed E-state index contributed by atoms with van der Waals surface area (Å²) < 4.78 is 5.83. The van der Waals surface area contributed by atoms with Gasteiger partial charge in [0.25, 0.3) is 0 Å². The van der Waals surface area contributed by atoms with Gasteiger partial charge in [0, 0.05) is 0 Å². The zero-order valence-corrected chi connectivity index (χ0v) is 12.8. The highest BCUT2D eigenvalue weighted by molar-refractivity contribution is 6.28. The fourth-order valence-corrected chi connectivity index (χ4v) is 1.99. The van der Waals surface area contributed by atoms with Crippen LogP contribution in [0.25, 0.3) is 0 Å². The number of nitrogens with zero attached hydrogens (tertiary/aromatic N) is 2. The monoisotopic (exact) mass is 291 g/mol. The van der Waals surface area contributed by atoms with Crippen LogP contribution in [0.5, 0.6) is 11.6 Å². The van der Waals surface area contributed by atoms with Gasteiger partial charge < -0.3 is 10.5 Å². The second-order valence-electron chi connectivity index (χ2n) is 5.08. The largest absolute Gasteiger partial charge is 0.437 e. The molecule has 0 radical (unpaired) electrons. The van der Waals surface area contributed by atoms with Crippen LogP contribution in [-0.2, 0) is 0 Å². The number of ether oxygens (including phenoxy) is 1. The lowest BCUT2D eigenvalue weighted by Crippen LogP contribution is -2.02. The fourth-order valence-electron chi connectivity index (χ4n) is 1.79. The van der Waals surface area contributed by atoms with Gasteiger partial charge in [-0.2, -0.15) is 4.98 Å². The van der Waals surface area contributed by atoms with Gasteiger partial charge in [0.1, 0.15) is 11.4 Å². The number of anilines is 1. The highest BCUT2D eigenvalue weighted by Crippen LogP contribution is 2.32. The van der Waals surface area contributed by atoms with Gasteiger partial charge >= 0.3 is 0 Å². The standard InChI is InChI=1S/C15H18ClN3O/c1-8(2)11-6-5-9(3)12(7-11)20-14-13(17)10(4)18-15(16)19-14/h5-8H,17H2,1-4H3. The molecule has 0 atom stereocenters. The van der Waals surface area contributed by atoms with E-state index < -0.39 is 0 Å². The Labute approximate surface area is 124 Å². The molecule has 1 aromatic carbocycles. The molecule has 1 aromatic heterocycles. The Morgan fingerprint density at radius 3 is 2.55 bits per heavy atom. The number of halogens is 1. The van der Waals surface area contributed by atoms with Crippen molar-refractivity contribution in [1.29, 1.82) is 0 Å². The molecule has 0 unspecified atom stereocenters. The van der Waals surface area contributed by atoms with Crippen molar-refractivity contribution in [3.8, 4) is 11.6 Å².